The Balaban J connectivity index is 2.15. The lowest BCUT2D eigenvalue weighted by atomic mass is 9.91. The SMILES string of the molecule is CC(F)(F)c1cc2c(c(C3(CN)CC3)c1)OCCO2. The van der Waals surface area contributed by atoms with Crippen LogP contribution in [0.5, 0.6) is 11.5 Å². The molecule has 3 rings (SSSR count). The van der Waals surface area contributed by atoms with E-state index < -0.39 is 5.92 Å². The number of rotatable bonds is 3. The third-order valence-corrected chi connectivity index (χ3v) is 3.96. The van der Waals surface area contributed by atoms with Gasteiger partial charge in [-0.3, -0.25) is 0 Å². The molecule has 104 valence electrons. The quantitative estimate of drug-likeness (QED) is 0.917. The molecular formula is C14H17F2NO2. The Morgan fingerprint density at radius 2 is 1.95 bits per heavy atom. The van der Waals surface area contributed by atoms with Crippen LogP contribution in [0.25, 0.3) is 0 Å². The number of nitrogens with two attached hydrogens (primary N) is 1. The van der Waals surface area contributed by atoms with E-state index in [0.29, 0.717) is 31.3 Å². The van der Waals surface area contributed by atoms with E-state index in [1.54, 1.807) is 0 Å². The largest absolute Gasteiger partial charge is 0.486 e. The van der Waals surface area contributed by atoms with Gasteiger partial charge in [-0.05, 0) is 25.0 Å². The average molecular weight is 269 g/mol. The molecule has 19 heavy (non-hydrogen) atoms. The number of halogens is 2. The molecule has 0 saturated heterocycles. The molecule has 1 aromatic rings. The lowest BCUT2D eigenvalue weighted by Gasteiger charge is -2.26. The summed E-state index contributed by atoms with van der Waals surface area (Å²) in [4.78, 5) is 0. The molecule has 0 aromatic heterocycles. The Hall–Kier alpha value is -1.36. The van der Waals surface area contributed by atoms with E-state index in [1.807, 2.05) is 0 Å². The van der Waals surface area contributed by atoms with Gasteiger partial charge in [0.25, 0.3) is 5.92 Å². The molecule has 5 heteroatoms. The molecule has 1 saturated carbocycles. The van der Waals surface area contributed by atoms with Crippen molar-refractivity contribution in [2.75, 3.05) is 19.8 Å². The van der Waals surface area contributed by atoms with Crippen molar-refractivity contribution in [2.24, 2.45) is 5.73 Å². The molecular weight excluding hydrogens is 252 g/mol. The van der Waals surface area contributed by atoms with E-state index >= 15 is 0 Å². The van der Waals surface area contributed by atoms with Gasteiger partial charge in [-0.25, -0.2) is 8.78 Å². The zero-order valence-corrected chi connectivity index (χ0v) is 10.8. The van der Waals surface area contributed by atoms with Gasteiger partial charge < -0.3 is 15.2 Å². The van der Waals surface area contributed by atoms with Gasteiger partial charge in [-0.2, -0.15) is 0 Å². The number of ether oxygens (including phenoxy) is 2. The molecule has 0 radical (unpaired) electrons. The summed E-state index contributed by atoms with van der Waals surface area (Å²) < 4.78 is 38.3. The van der Waals surface area contributed by atoms with Crippen LogP contribution >= 0.6 is 0 Å². The molecule has 0 atom stereocenters. The Labute approximate surface area is 110 Å². The molecule has 2 aliphatic rings. The second-order valence-electron chi connectivity index (χ2n) is 5.42. The summed E-state index contributed by atoms with van der Waals surface area (Å²) >= 11 is 0. The normalized spacial score (nSPS) is 20.2. The summed E-state index contributed by atoms with van der Waals surface area (Å²) in [6.45, 7) is 2.18. The van der Waals surface area contributed by atoms with E-state index in [1.165, 1.54) is 12.1 Å². The van der Waals surface area contributed by atoms with Crippen LogP contribution in [0.3, 0.4) is 0 Å². The van der Waals surface area contributed by atoms with Crippen molar-refractivity contribution in [3.63, 3.8) is 0 Å². The van der Waals surface area contributed by atoms with Crippen LogP contribution in [0.15, 0.2) is 12.1 Å². The van der Waals surface area contributed by atoms with Gasteiger partial charge in [0.1, 0.15) is 13.2 Å². The van der Waals surface area contributed by atoms with Crippen LogP contribution in [-0.4, -0.2) is 19.8 Å². The highest BCUT2D eigenvalue weighted by atomic mass is 19.3. The van der Waals surface area contributed by atoms with Crippen molar-refractivity contribution < 1.29 is 18.3 Å². The van der Waals surface area contributed by atoms with E-state index in [4.69, 9.17) is 15.2 Å². The summed E-state index contributed by atoms with van der Waals surface area (Å²) in [5.74, 6) is -1.88. The molecule has 1 aliphatic heterocycles. The monoisotopic (exact) mass is 269 g/mol. The van der Waals surface area contributed by atoms with Crippen molar-refractivity contribution in [2.45, 2.75) is 31.1 Å². The predicted molar refractivity (Wildman–Crippen MR) is 67.0 cm³/mol. The molecule has 0 amide bonds. The Bertz CT molecular complexity index is 507. The standard InChI is InChI=1S/C14H17F2NO2/c1-13(15,16)9-6-10(14(8-17)2-3-14)12-11(7-9)18-4-5-19-12/h6-7H,2-5,8,17H2,1H3. The van der Waals surface area contributed by atoms with Crippen molar-refractivity contribution in [1.29, 1.82) is 0 Å². The van der Waals surface area contributed by atoms with Crippen LogP contribution < -0.4 is 15.2 Å². The fourth-order valence-electron chi connectivity index (χ4n) is 2.54. The van der Waals surface area contributed by atoms with Crippen LogP contribution in [0, 0.1) is 0 Å². The zero-order chi connectivity index (χ0) is 13.7. The van der Waals surface area contributed by atoms with Crippen molar-refractivity contribution >= 4 is 0 Å². The van der Waals surface area contributed by atoms with Crippen LogP contribution in [0.4, 0.5) is 8.78 Å². The summed E-state index contributed by atoms with van der Waals surface area (Å²) in [5.41, 5.74) is 6.35. The predicted octanol–water partition coefficient (Wildman–Crippen LogP) is 2.56. The summed E-state index contributed by atoms with van der Waals surface area (Å²) in [6.07, 6.45) is 1.83. The van der Waals surface area contributed by atoms with E-state index in [9.17, 15) is 8.78 Å². The van der Waals surface area contributed by atoms with Gasteiger partial charge in [0.05, 0.1) is 0 Å². The number of hydrogen-bond donors (Lipinski definition) is 1. The second-order valence-corrected chi connectivity index (χ2v) is 5.42. The number of alkyl halides is 2. The van der Waals surface area contributed by atoms with Gasteiger partial charge in [-0.1, -0.05) is 0 Å². The third kappa shape index (κ3) is 2.06. The van der Waals surface area contributed by atoms with Gasteiger partial charge >= 0.3 is 0 Å². The Morgan fingerprint density at radius 3 is 2.53 bits per heavy atom. The third-order valence-electron chi connectivity index (χ3n) is 3.96. The first-order valence-electron chi connectivity index (χ1n) is 6.49. The average Bonchev–Trinajstić information content (AvgIpc) is 3.17. The first-order chi connectivity index (χ1) is 8.96. The van der Waals surface area contributed by atoms with Crippen LogP contribution in [0.1, 0.15) is 30.9 Å². The van der Waals surface area contributed by atoms with Gasteiger partial charge in [-0.15, -0.1) is 0 Å². The molecule has 2 N–H and O–H groups in total. The van der Waals surface area contributed by atoms with E-state index in [-0.39, 0.29) is 11.0 Å². The fraction of sp³-hybridized carbons (Fsp3) is 0.571. The maximum absolute atomic E-state index is 13.6. The lowest BCUT2D eigenvalue weighted by molar-refractivity contribution is 0.0167. The van der Waals surface area contributed by atoms with E-state index in [0.717, 1.165) is 25.3 Å². The summed E-state index contributed by atoms with van der Waals surface area (Å²) in [7, 11) is 0. The Morgan fingerprint density at radius 1 is 1.26 bits per heavy atom. The van der Waals surface area contributed by atoms with E-state index in [2.05, 4.69) is 0 Å². The fourth-order valence-corrected chi connectivity index (χ4v) is 2.54. The lowest BCUT2D eigenvalue weighted by Crippen LogP contribution is -2.25. The minimum Gasteiger partial charge on any atom is -0.486 e. The highest BCUT2D eigenvalue weighted by Crippen LogP contribution is 2.54. The first kappa shape index (κ1) is 12.7. The second kappa shape index (κ2) is 4.07. The van der Waals surface area contributed by atoms with Crippen LogP contribution in [-0.2, 0) is 11.3 Å². The maximum atomic E-state index is 13.6. The Kier molecular flexibility index (Phi) is 2.71. The number of fused-ring (bicyclic) bond motifs is 1. The molecule has 1 aliphatic carbocycles. The molecule has 0 bridgehead atoms. The van der Waals surface area contributed by atoms with Crippen LogP contribution in [0.2, 0.25) is 0 Å². The highest BCUT2D eigenvalue weighted by Gasteiger charge is 2.47. The van der Waals surface area contributed by atoms with Gasteiger partial charge in [0.15, 0.2) is 11.5 Å². The molecule has 3 nitrogen and oxygen atoms in total. The molecule has 1 aromatic carbocycles. The molecule has 1 fully saturated rings. The van der Waals surface area contributed by atoms with Crippen molar-refractivity contribution in [3.8, 4) is 11.5 Å². The van der Waals surface area contributed by atoms with Gasteiger partial charge in [0.2, 0.25) is 0 Å². The molecule has 0 spiro atoms. The first-order valence-corrected chi connectivity index (χ1v) is 6.49. The minimum absolute atomic E-state index is 0.0357. The number of benzene rings is 1. The maximum Gasteiger partial charge on any atom is 0.270 e. The topological polar surface area (TPSA) is 44.5 Å². The summed E-state index contributed by atoms with van der Waals surface area (Å²) in [5, 5.41) is 0. The van der Waals surface area contributed by atoms with Crippen molar-refractivity contribution in [3.05, 3.63) is 23.3 Å². The summed E-state index contributed by atoms with van der Waals surface area (Å²) in [6, 6.07) is 2.91. The smallest absolute Gasteiger partial charge is 0.270 e. The molecule has 0 unspecified atom stereocenters. The minimum atomic E-state index is -2.89. The highest BCUT2D eigenvalue weighted by molar-refractivity contribution is 5.56. The number of hydrogen-bond acceptors (Lipinski definition) is 3. The van der Waals surface area contributed by atoms with Gasteiger partial charge in [0, 0.05) is 30.0 Å². The van der Waals surface area contributed by atoms with Crippen molar-refractivity contribution in [1.82, 2.24) is 0 Å². The zero-order valence-electron chi connectivity index (χ0n) is 10.8. The molecule has 1 heterocycles.